The predicted molar refractivity (Wildman–Crippen MR) is 39.0 cm³/mol. The van der Waals surface area contributed by atoms with Crippen molar-refractivity contribution in [3.63, 3.8) is 0 Å². The van der Waals surface area contributed by atoms with Gasteiger partial charge < -0.3 is 5.11 Å². The van der Waals surface area contributed by atoms with Gasteiger partial charge in [-0.15, -0.1) is 4.33 Å². The number of rotatable bonds is 2. The monoisotopic (exact) mass is 190 g/mol. The Morgan fingerprint density at radius 2 is 1.83 bits per heavy atom. The Labute approximate surface area is 68.9 Å². The molecule has 2 N–H and O–H groups in total. The van der Waals surface area contributed by atoms with E-state index in [2.05, 4.69) is 4.33 Å². The summed E-state index contributed by atoms with van der Waals surface area (Å²) < 4.78 is 24.8. The van der Waals surface area contributed by atoms with Gasteiger partial charge in [-0.3, -0.25) is 0 Å². The SMILES string of the molecule is O=S(=O)(OO)c1ccccc1O. The molecule has 0 amide bonds. The Morgan fingerprint density at radius 1 is 1.25 bits per heavy atom. The molecule has 0 bridgehead atoms. The van der Waals surface area contributed by atoms with E-state index >= 15 is 0 Å². The molecule has 0 saturated heterocycles. The van der Waals surface area contributed by atoms with Crippen molar-refractivity contribution >= 4 is 10.1 Å². The minimum absolute atomic E-state index is 0.465. The van der Waals surface area contributed by atoms with E-state index in [1.165, 1.54) is 18.2 Å². The molecular weight excluding hydrogens is 184 g/mol. The molecule has 12 heavy (non-hydrogen) atoms. The van der Waals surface area contributed by atoms with E-state index < -0.39 is 20.8 Å². The van der Waals surface area contributed by atoms with Crippen LogP contribution in [0.3, 0.4) is 0 Å². The Kier molecular flexibility index (Phi) is 2.32. The van der Waals surface area contributed by atoms with Gasteiger partial charge in [0.15, 0.2) is 0 Å². The van der Waals surface area contributed by atoms with Crippen LogP contribution in [-0.4, -0.2) is 18.8 Å². The van der Waals surface area contributed by atoms with Gasteiger partial charge in [0.1, 0.15) is 10.6 Å². The molecule has 0 atom stereocenters. The van der Waals surface area contributed by atoms with Gasteiger partial charge in [-0.05, 0) is 12.1 Å². The largest absolute Gasteiger partial charge is 0.506 e. The quantitative estimate of drug-likeness (QED) is 0.526. The highest BCUT2D eigenvalue weighted by Gasteiger charge is 2.18. The summed E-state index contributed by atoms with van der Waals surface area (Å²) in [4.78, 5) is -0.465. The fourth-order valence-electron chi connectivity index (χ4n) is 0.709. The van der Waals surface area contributed by atoms with Crippen molar-refractivity contribution in [3.05, 3.63) is 24.3 Å². The highest BCUT2D eigenvalue weighted by molar-refractivity contribution is 7.86. The van der Waals surface area contributed by atoms with Crippen molar-refractivity contribution in [1.29, 1.82) is 0 Å². The molecule has 1 aromatic rings. The van der Waals surface area contributed by atoms with E-state index in [4.69, 9.17) is 10.4 Å². The van der Waals surface area contributed by atoms with Gasteiger partial charge in [0.05, 0.1) is 0 Å². The highest BCUT2D eigenvalue weighted by atomic mass is 32.2. The topological polar surface area (TPSA) is 83.8 Å². The molecule has 0 fully saturated rings. The fourth-order valence-corrected chi connectivity index (χ4v) is 1.36. The second kappa shape index (κ2) is 3.10. The first-order chi connectivity index (χ1) is 5.58. The Morgan fingerprint density at radius 3 is 2.33 bits per heavy atom. The number of aromatic hydroxyl groups is 1. The van der Waals surface area contributed by atoms with Gasteiger partial charge in [-0.25, -0.2) is 5.26 Å². The van der Waals surface area contributed by atoms with Gasteiger partial charge >= 0.3 is 10.1 Å². The third-order valence-electron chi connectivity index (χ3n) is 1.23. The van der Waals surface area contributed by atoms with E-state index in [9.17, 15) is 8.42 Å². The van der Waals surface area contributed by atoms with E-state index in [0.29, 0.717) is 0 Å². The molecule has 66 valence electrons. The molecule has 0 radical (unpaired) electrons. The van der Waals surface area contributed by atoms with Crippen molar-refractivity contribution in [2.45, 2.75) is 4.90 Å². The second-order valence-electron chi connectivity index (χ2n) is 2.00. The van der Waals surface area contributed by atoms with Gasteiger partial charge in [0.2, 0.25) is 0 Å². The van der Waals surface area contributed by atoms with Gasteiger partial charge in [-0.2, -0.15) is 8.42 Å². The molecule has 0 spiro atoms. The first-order valence-electron chi connectivity index (χ1n) is 2.94. The standard InChI is InChI=1S/C6H6O5S/c7-5-3-1-2-4-6(5)12(9,10)11-8/h1-4,7-8H. The number of para-hydroxylation sites is 1. The normalized spacial score (nSPS) is 11.4. The lowest BCUT2D eigenvalue weighted by Gasteiger charge is -2.00. The van der Waals surface area contributed by atoms with Crippen LogP contribution in [0.25, 0.3) is 0 Å². The third kappa shape index (κ3) is 1.55. The number of benzene rings is 1. The zero-order chi connectivity index (χ0) is 9.19. The van der Waals surface area contributed by atoms with Crippen LogP contribution >= 0.6 is 0 Å². The number of hydrogen-bond acceptors (Lipinski definition) is 5. The number of phenols is 1. The summed E-state index contributed by atoms with van der Waals surface area (Å²) in [6.07, 6.45) is 0. The predicted octanol–water partition coefficient (Wildman–Crippen LogP) is 0.571. The molecule has 0 unspecified atom stereocenters. The second-order valence-corrected chi connectivity index (χ2v) is 3.49. The van der Waals surface area contributed by atoms with Crippen molar-refractivity contribution < 1.29 is 23.1 Å². The molecular formula is C6H6O5S. The van der Waals surface area contributed by atoms with Crippen LogP contribution < -0.4 is 0 Å². The van der Waals surface area contributed by atoms with Crippen LogP contribution in [0.2, 0.25) is 0 Å². The minimum atomic E-state index is -4.22. The molecule has 1 aromatic carbocycles. The molecule has 0 aliphatic rings. The van der Waals surface area contributed by atoms with Crippen molar-refractivity contribution in [2.24, 2.45) is 0 Å². The number of hydrogen-bond donors (Lipinski definition) is 2. The summed E-state index contributed by atoms with van der Waals surface area (Å²) in [6.45, 7) is 0. The average Bonchev–Trinajstić information content (AvgIpc) is 2.05. The lowest BCUT2D eigenvalue weighted by atomic mass is 10.3. The van der Waals surface area contributed by atoms with E-state index in [1.807, 2.05) is 0 Å². The van der Waals surface area contributed by atoms with Gasteiger partial charge in [0, 0.05) is 0 Å². The molecule has 0 aromatic heterocycles. The molecule has 0 saturated carbocycles. The summed E-state index contributed by atoms with van der Waals surface area (Å²) in [7, 11) is -4.22. The zero-order valence-electron chi connectivity index (χ0n) is 5.84. The maximum atomic E-state index is 10.8. The zero-order valence-corrected chi connectivity index (χ0v) is 6.65. The first-order valence-corrected chi connectivity index (χ1v) is 4.35. The third-order valence-corrected chi connectivity index (χ3v) is 2.31. The summed E-state index contributed by atoms with van der Waals surface area (Å²) in [5.41, 5.74) is 0. The van der Waals surface area contributed by atoms with Crippen LogP contribution in [0.15, 0.2) is 29.2 Å². The van der Waals surface area contributed by atoms with Crippen LogP contribution in [0.4, 0.5) is 0 Å². The van der Waals surface area contributed by atoms with E-state index in [1.54, 1.807) is 0 Å². The van der Waals surface area contributed by atoms with E-state index in [0.717, 1.165) is 6.07 Å². The van der Waals surface area contributed by atoms with Gasteiger partial charge in [0.25, 0.3) is 0 Å². The number of phenolic OH excluding ortho intramolecular Hbond substituents is 1. The summed E-state index contributed by atoms with van der Waals surface area (Å²) in [5.74, 6) is -0.466. The summed E-state index contributed by atoms with van der Waals surface area (Å²) in [5, 5.41) is 17.0. The summed E-state index contributed by atoms with van der Waals surface area (Å²) in [6, 6.07) is 5.13. The Bertz CT molecular complexity index is 369. The molecule has 0 aliphatic carbocycles. The fraction of sp³-hybridized carbons (Fsp3) is 0. The molecule has 5 nitrogen and oxygen atoms in total. The smallest absolute Gasteiger partial charge is 0.326 e. The summed E-state index contributed by atoms with van der Waals surface area (Å²) >= 11 is 0. The van der Waals surface area contributed by atoms with Gasteiger partial charge in [-0.1, -0.05) is 12.1 Å². The van der Waals surface area contributed by atoms with E-state index in [-0.39, 0.29) is 0 Å². The van der Waals surface area contributed by atoms with Crippen LogP contribution in [-0.2, 0) is 14.5 Å². The maximum absolute atomic E-state index is 10.8. The molecule has 1 rings (SSSR count). The molecule has 0 heterocycles. The van der Waals surface area contributed by atoms with Crippen LogP contribution in [0.1, 0.15) is 0 Å². The van der Waals surface area contributed by atoms with Crippen molar-refractivity contribution in [2.75, 3.05) is 0 Å². The molecule has 6 heteroatoms. The van der Waals surface area contributed by atoms with Crippen LogP contribution in [0.5, 0.6) is 5.75 Å². The highest BCUT2D eigenvalue weighted by Crippen LogP contribution is 2.22. The Balaban J connectivity index is 3.30. The maximum Gasteiger partial charge on any atom is 0.326 e. The van der Waals surface area contributed by atoms with Crippen molar-refractivity contribution in [3.8, 4) is 5.75 Å². The Hall–Kier alpha value is -1.11. The lowest BCUT2D eigenvalue weighted by molar-refractivity contribution is -0.130. The van der Waals surface area contributed by atoms with Crippen LogP contribution in [0, 0.1) is 0 Å². The first kappa shape index (κ1) is 8.98. The minimum Gasteiger partial charge on any atom is -0.506 e. The lowest BCUT2D eigenvalue weighted by Crippen LogP contribution is -2.02. The molecule has 0 aliphatic heterocycles. The van der Waals surface area contributed by atoms with Crippen molar-refractivity contribution in [1.82, 2.24) is 0 Å². The average molecular weight is 190 g/mol.